The number of hydrogen-bond acceptors (Lipinski definition) is 5. The molecule has 142 valence electrons. The van der Waals surface area contributed by atoms with Gasteiger partial charge in [-0.2, -0.15) is 0 Å². The summed E-state index contributed by atoms with van der Waals surface area (Å²) in [6.07, 6.45) is 6.50. The molecule has 0 unspecified atom stereocenters. The van der Waals surface area contributed by atoms with E-state index in [2.05, 4.69) is 4.98 Å². The minimum Gasteiger partial charge on any atom is -0.381 e. The first kappa shape index (κ1) is 17.9. The summed E-state index contributed by atoms with van der Waals surface area (Å²) in [6, 6.07) is 3.96. The number of ether oxygens (including phenoxy) is 3. The van der Waals surface area contributed by atoms with Crippen molar-refractivity contribution >= 4 is 5.91 Å². The predicted molar refractivity (Wildman–Crippen MR) is 95.4 cm³/mol. The Labute approximate surface area is 154 Å². The van der Waals surface area contributed by atoms with Crippen molar-refractivity contribution in [2.24, 2.45) is 17.8 Å². The van der Waals surface area contributed by atoms with Gasteiger partial charge in [-0.15, -0.1) is 0 Å². The van der Waals surface area contributed by atoms with Crippen LogP contribution >= 0.6 is 0 Å². The fourth-order valence-corrected chi connectivity index (χ4v) is 4.38. The second-order valence-corrected chi connectivity index (χ2v) is 7.62. The zero-order chi connectivity index (χ0) is 17.8. The number of carbonyl (C=O) groups excluding carboxylic acids is 1. The molecule has 0 aromatic carbocycles. The van der Waals surface area contributed by atoms with Gasteiger partial charge in [0.2, 0.25) is 5.91 Å². The maximum Gasteiger partial charge on any atom is 0.225 e. The Kier molecular flexibility index (Phi) is 5.82. The highest BCUT2D eigenvalue weighted by molar-refractivity contribution is 5.79. The van der Waals surface area contributed by atoms with Crippen LogP contribution < -0.4 is 0 Å². The molecule has 0 bridgehead atoms. The standard InChI is InChI=1S/C20H28N2O4/c23-20(16-3-8-24-9-4-16)22-11-18-17(14-26-19(18)12-22)5-10-25-13-15-1-6-21-7-2-15/h1-2,6-7,16-19H,3-5,8-14H2/t17-,18-,19-/m1/s1. The van der Waals surface area contributed by atoms with Crippen molar-refractivity contribution in [3.05, 3.63) is 30.1 Å². The number of amides is 1. The molecule has 4 heterocycles. The summed E-state index contributed by atoms with van der Waals surface area (Å²) in [5.41, 5.74) is 1.15. The van der Waals surface area contributed by atoms with Crippen molar-refractivity contribution in [3.63, 3.8) is 0 Å². The molecule has 6 heteroatoms. The zero-order valence-corrected chi connectivity index (χ0v) is 15.2. The van der Waals surface area contributed by atoms with Crippen molar-refractivity contribution in [2.75, 3.05) is 39.5 Å². The molecule has 4 rings (SSSR count). The Morgan fingerprint density at radius 1 is 1.23 bits per heavy atom. The molecule has 3 aliphatic heterocycles. The van der Waals surface area contributed by atoms with Crippen molar-refractivity contribution in [3.8, 4) is 0 Å². The first-order chi connectivity index (χ1) is 12.8. The molecule has 6 nitrogen and oxygen atoms in total. The van der Waals surface area contributed by atoms with E-state index in [1.54, 1.807) is 12.4 Å². The third-order valence-electron chi connectivity index (χ3n) is 5.97. The van der Waals surface area contributed by atoms with Gasteiger partial charge in [0.15, 0.2) is 0 Å². The Bertz CT molecular complexity index is 591. The first-order valence-corrected chi connectivity index (χ1v) is 9.76. The van der Waals surface area contributed by atoms with Gasteiger partial charge in [0, 0.05) is 57.1 Å². The zero-order valence-electron chi connectivity index (χ0n) is 15.2. The summed E-state index contributed by atoms with van der Waals surface area (Å²) in [7, 11) is 0. The lowest BCUT2D eigenvalue weighted by molar-refractivity contribution is -0.138. The summed E-state index contributed by atoms with van der Waals surface area (Å²) in [5.74, 6) is 1.40. The molecule has 1 amide bonds. The number of aromatic nitrogens is 1. The van der Waals surface area contributed by atoms with E-state index < -0.39 is 0 Å². The van der Waals surface area contributed by atoms with Gasteiger partial charge in [-0.3, -0.25) is 9.78 Å². The third kappa shape index (κ3) is 4.08. The quantitative estimate of drug-likeness (QED) is 0.725. The van der Waals surface area contributed by atoms with E-state index in [9.17, 15) is 4.79 Å². The SMILES string of the molecule is O=C(C1CCOCC1)N1C[C@@H]2[C@H](CCOCc3ccncc3)CO[C@@H]2C1. The second kappa shape index (κ2) is 8.46. The van der Waals surface area contributed by atoms with Crippen LogP contribution in [0.3, 0.4) is 0 Å². The van der Waals surface area contributed by atoms with Crippen LogP contribution in [0.25, 0.3) is 0 Å². The van der Waals surface area contributed by atoms with Crippen LogP contribution in [0.5, 0.6) is 0 Å². The molecular formula is C20H28N2O4. The van der Waals surface area contributed by atoms with Crippen LogP contribution in [-0.4, -0.2) is 61.4 Å². The lowest BCUT2D eigenvalue weighted by Crippen LogP contribution is -2.38. The molecule has 0 N–H and O–H groups in total. The highest BCUT2D eigenvalue weighted by Crippen LogP contribution is 2.36. The molecule has 3 saturated heterocycles. The van der Waals surface area contributed by atoms with Gasteiger partial charge in [0.05, 0.1) is 19.3 Å². The summed E-state index contributed by atoms with van der Waals surface area (Å²) < 4.78 is 17.2. The van der Waals surface area contributed by atoms with Gasteiger partial charge in [-0.25, -0.2) is 0 Å². The smallest absolute Gasteiger partial charge is 0.225 e. The minimum atomic E-state index is 0.143. The van der Waals surface area contributed by atoms with Crippen LogP contribution in [-0.2, 0) is 25.6 Å². The van der Waals surface area contributed by atoms with Gasteiger partial charge in [0.1, 0.15) is 0 Å². The number of fused-ring (bicyclic) bond motifs is 1. The fraction of sp³-hybridized carbons (Fsp3) is 0.700. The topological polar surface area (TPSA) is 60.9 Å². The molecule has 3 aliphatic rings. The maximum atomic E-state index is 12.7. The van der Waals surface area contributed by atoms with Crippen molar-refractivity contribution < 1.29 is 19.0 Å². The number of likely N-dealkylation sites (tertiary alicyclic amines) is 1. The molecule has 1 aromatic heterocycles. The van der Waals surface area contributed by atoms with E-state index in [0.717, 1.165) is 51.1 Å². The minimum absolute atomic E-state index is 0.143. The summed E-state index contributed by atoms with van der Waals surface area (Å²) in [6.45, 7) is 5.18. The van der Waals surface area contributed by atoms with E-state index in [-0.39, 0.29) is 12.0 Å². The van der Waals surface area contributed by atoms with Crippen molar-refractivity contribution in [1.82, 2.24) is 9.88 Å². The normalized spacial score (nSPS) is 29.1. The van der Waals surface area contributed by atoms with Crippen molar-refractivity contribution in [2.45, 2.75) is 32.0 Å². The highest BCUT2D eigenvalue weighted by Gasteiger charge is 2.45. The molecule has 3 fully saturated rings. The maximum absolute atomic E-state index is 12.7. The number of nitrogens with zero attached hydrogens (tertiary/aromatic N) is 2. The largest absolute Gasteiger partial charge is 0.381 e. The summed E-state index contributed by atoms with van der Waals surface area (Å²) >= 11 is 0. The number of hydrogen-bond donors (Lipinski definition) is 0. The molecule has 0 radical (unpaired) electrons. The lowest BCUT2D eigenvalue weighted by Gasteiger charge is -2.27. The van der Waals surface area contributed by atoms with Gasteiger partial charge in [-0.05, 0) is 42.9 Å². The lowest BCUT2D eigenvalue weighted by atomic mass is 9.91. The monoisotopic (exact) mass is 360 g/mol. The Morgan fingerprint density at radius 3 is 2.85 bits per heavy atom. The van der Waals surface area contributed by atoms with Crippen LogP contribution in [0.4, 0.5) is 0 Å². The van der Waals surface area contributed by atoms with Crippen LogP contribution in [0.1, 0.15) is 24.8 Å². The van der Waals surface area contributed by atoms with E-state index in [4.69, 9.17) is 14.2 Å². The Balaban J connectivity index is 1.22. The molecular weight excluding hydrogens is 332 g/mol. The fourth-order valence-electron chi connectivity index (χ4n) is 4.38. The van der Waals surface area contributed by atoms with E-state index >= 15 is 0 Å². The first-order valence-electron chi connectivity index (χ1n) is 9.76. The second-order valence-electron chi connectivity index (χ2n) is 7.62. The highest BCUT2D eigenvalue weighted by atomic mass is 16.5. The third-order valence-corrected chi connectivity index (χ3v) is 5.97. The average molecular weight is 360 g/mol. The van der Waals surface area contributed by atoms with Crippen LogP contribution in [0.15, 0.2) is 24.5 Å². The van der Waals surface area contributed by atoms with E-state index in [0.29, 0.717) is 37.6 Å². The van der Waals surface area contributed by atoms with Gasteiger partial charge < -0.3 is 19.1 Å². The number of pyridine rings is 1. The molecule has 0 aliphatic carbocycles. The van der Waals surface area contributed by atoms with Crippen LogP contribution in [0, 0.1) is 17.8 Å². The van der Waals surface area contributed by atoms with Crippen LogP contribution in [0.2, 0.25) is 0 Å². The number of carbonyl (C=O) groups is 1. The molecule has 1 aromatic rings. The van der Waals surface area contributed by atoms with Gasteiger partial charge in [-0.1, -0.05) is 0 Å². The van der Waals surface area contributed by atoms with E-state index in [1.165, 1.54) is 0 Å². The summed E-state index contributed by atoms with van der Waals surface area (Å²) in [5, 5.41) is 0. The molecule has 26 heavy (non-hydrogen) atoms. The Morgan fingerprint density at radius 2 is 2.04 bits per heavy atom. The molecule has 0 saturated carbocycles. The summed E-state index contributed by atoms with van der Waals surface area (Å²) in [4.78, 5) is 18.8. The van der Waals surface area contributed by atoms with Gasteiger partial charge >= 0.3 is 0 Å². The average Bonchev–Trinajstić information content (AvgIpc) is 3.27. The molecule has 3 atom stereocenters. The number of rotatable bonds is 6. The van der Waals surface area contributed by atoms with Crippen molar-refractivity contribution in [1.29, 1.82) is 0 Å². The Hall–Kier alpha value is -1.50. The van der Waals surface area contributed by atoms with Gasteiger partial charge in [0.25, 0.3) is 0 Å². The molecule has 0 spiro atoms. The van der Waals surface area contributed by atoms with E-state index in [1.807, 2.05) is 17.0 Å². The predicted octanol–water partition coefficient (Wildman–Crippen LogP) is 1.89.